The predicted octanol–water partition coefficient (Wildman–Crippen LogP) is 2.64. The quantitative estimate of drug-likeness (QED) is 0.841. The number of pyridine rings is 1. The number of rotatable bonds is 3. The third kappa shape index (κ3) is 2.79. The van der Waals surface area contributed by atoms with Crippen molar-refractivity contribution in [2.75, 3.05) is 13.6 Å². The van der Waals surface area contributed by atoms with Gasteiger partial charge in [-0.05, 0) is 24.7 Å². The van der Waals surface area contributed by atoms with Crippen molar-refractivity contribution in [3.63, 3.8) is 0 Å². The van der Waals surface area contributed by atoms with Gasteiger partial charge in [0.2, 0.25) is 0 Å². The van der Waals surface area contributed by atoms with Crippen LogP contribution in [0, 0.1) is 12.3 Å². The highest BCUT2D eigenvalue weighted by Gasteiger charge is 2.07. The second kappa shape index (κ2) is 6.04. The molecule has 0 saturated heterocycles. The van der Waals surface area contributed by atoms with Gasteiger partial charge >= 0.3 is 0 Å². The first-order chi connectivity index (χ1) is 8.22. The molecule has 1 aromatic heterocycles. The zero-order valence-electron chi connectivity index (χ0n) is 9.72. The highest BCUT2D eigenvalue weighted by atomic mass is 16.3. The Labute approximate surface area is 108 Å². The van der Waals surface area contributed by atoms with Crippen molar-refractivity contribution >= 4 is 10.9 Å². The first kappa shape index (κ1) is 14.0. The predicted molar refractivity (Wildman–Crippen MR) is 75.3 cm³/mol. The molecule has 0 aliphatic carbocycles. The van der Waals surface area contributed by atoms with E-state index < -0.39 is 0 Å². The number of phenolic OH excluding ortho intramolecular Hbond substituents is 1. The van der Waals surface area contributed by atoms with Gasteiger partial charge in [0.05, 0.1) is 6.54 Å². The number of phenols is 1. The van der Waals surface area contributed by atoms with Gasteiger partial charge in [0.15, 0.2) is 0 Å². The molecule has 3 heteroatoms. The number of aromatic hydroxyl groups is 1. The second-order valence-corrected chi connectivity index (χ2v) is 4.02. The summed E-state index contributed by atoms with van der Waals surface area (Å²) in [7, 11) is 1.97. The topological polar surface area (TPSA) is 36.4 Å². The van der Waals surface area contributed by atoms with Crippen molar-refractivity contribution in [3.8, 4) is 18.1 Å². The Bertz CT molecular complexity index is 572. The van der Waals surface area contributed by atoms with Crippen LogP contribution >= 0.6 is 0 Å². The van der Waals surface area contributed by atoms with Crippen LogP contribution in [-0.2, 0) is 6.54 Å². The summed E-state index contributed by atoms with van der Waals surface area (Å²) < 4.78 is 0. The summed E-state index contributed by atoms with van der Waals surface area (Å²) in [4.78, 5) is 6.23. The highest BCUT2D eigenvalue weighted by Crippen LogP contribution is 2.25. The Hall–Kier alpha value is -2.05. The summed E-state index contributed by atoms with van der Waals surface area (Å²) in [6.07, 6.45) is 6.95. The standard InChI is InChI=1S/C14H14N2O.CH4/c1-3-9-16(2)10-11-6-7-13(17)14-12(11)5-4-8-15-14;/h1,4-8,17H,9-10H2,2H3;1H4. The van der Waals surface area contributed by atoms with Crippen LogP contribution in [0.15, 0.2) is 30.5 Å². The number of nitrogens with zero attached hydrogens (tertiary/aromatic N) is 2. The van der Waals surface area contributed by atoms with E-state index in [4.69, 9.17) is 6.42 Å². The summed E-state index contributed by atoms with van der Waals surface area (Å²) in [5.41, 5.74) is 1.75. The molecule has 3 nitrogen and oxygen atoms in total. The Kier molecular flexibility index (Phi) is 4.70. The van der Waals surface area contributed by atoms with Crippen molar-refractivity contribution in [1.82, 2.24) is 9.88 Å². The lowest BCUT2D eigenvalue weighted by atomic mass is 10.1. The van der Waals surface area contributed by atoms with Gasteiger partial charge in [0.25, 0.3) is 0 Å². The van der Waals surface area contributed by atoms with E-state index in [9.17, 15) is 5.11 Å². The number of hydrogen-bond acceptors (Lipinski definition) is 3. The van der Waals surface area contributed by atoms with Crippen molar-refractivity contribution in [2.45, 2.75) is 14.0 Å². The lowest BCUT2D eigenvalue weighted by molar-refractivity contribution is 0.370. The van der Waals surface area contributed by atoms with Crippen LogP contribution in [-0.4, -0.2) is 28.6 Å². The molecular weight excluding hydrogens is 224 g/mol. The zero-order valence-corrected chi connectivity index (χ0v) is 9.72. The van der Waals surface area contributed by atoms with Gasteiger partial charge in [-0.25, -0.2) is 0 Å². The number of benzene rings is 1. The van der Waals surface area contributed by atoms with Gasteiger partial charge < -0.3 is 5.11 Å². The van der Waals surface area contributed by atoms with E-state index in [0.29, 0.717) is 12.1 Å². The van der Waals surface area contributed by atoms with Gasteiger partial charge in [-0.15, -0.1) is 6.42 Å². The molecule has 94 valence electrons. The zero-order chi connectivity index (χ0) is 12.3. The molecule has 18 heavy (non-hydrogen) atoms. The smallest absolute Gasteiger partial charge is 0.141 e. The lowest BCUT2D eigenvalue weighted by Crippen LogP contribution is -2.17. The summed E-state index contributed by atoms with van der Waals surface area (Å²) in [6, 6.07) is 7.41. The molecule has 0 atom stereocenters. The molecule has 0 unspecified atom stereocenters. The van der Waals surface area contributed by atoms with E-state index in [-0.39, 0.29) is 13.2 Å². The molecule has 1 heterocycles. The fraction of sp³-hybridized carbons (Fsp3) is 0.267. The Morgan fingerprint density at radius 2 is 2.17 bits per heavy atom. The van der Waals surface area contributed by atoms with Crippen LogP contribution in [0.5, 0.6) is 5.75 Å². The maximum Gasteiger partial charge on any atom is 0.141 e. The van der Waals surface area contributed by atoms with E-state index in [1.54, 1.807) is 12.3 Å². The number of fused-ring (bicyclic) bond motifs is 1. The third-order valence-corrected chi connectivity index (χ3v) is 2.64. The Morgan fingerprint density at radius 3 is 2.89 bits per heavy atom. The third-order valence-electron chi connectivity index (χ3n) is 2.64. The molecule has 2 rings (SSSR count). The van der Waals surface area contributed by atoms with Crippen molar-refractivity contribution in [2.24, 2.45) is 0 Å². The Morgan fingerprint density at radius 1 is 1.39 bits per heavy atom. The number of terminal acetylenes is 1. The SMILES string of the molecule is C.C#CCN(C)Cc1ccc(O)c2ncccc12. The molecule has 1 N–H and O–H groups in total. The van der Waals surface area contributed by atoms with E-state index in [1.807, 2.05) is 30.1 Å². The number of hydrogen-bond donors (Lipinski definition) is 1. The summed E-state index contributed by atoms with van der Waals surface area (Å²) in [6.45, 7) is 1.34. The fourth-order valence-electron chi connectivity index (χ4n) is 1.86. The minimum absolute atomic E-state index is 0. The van der Waals surface area contributed by atoms with Gasteiger partial charge in [0, 0.05) is 18.1 Å². The van der Waals surface area contributed by atoms with Gasteiger partial charge in [0.1, 0.15) is 11.3 Å². The van der Waals surface area contributed by atoms with Crippen LogP contribution in [0.25, 0.3) is 10.9 Å². The van der Waals surface area contributed by atoms with E-state index in [2.05, 4.69) is 10.9 Å². The largest absolute Gasteiger partial charge is 0.506 e. The molecular formula is C15H18N2O. The minimum Gasteiger partial charge on any atom is -0.506 e. The van der Waals surface area contributed by atoms with Gasteiger partial charge in [-0.3, -0.25) is 9.88 Å². The monoisotopic (exact) mass is 242 g/mol. The maximum atomic E-state index is 9.72. The van der Waals surface area contributed by atoms with Crippen LogP contribution in [0.1, 0.15) is 13.0 Å². The highest BCUT2D eigenvalue weighted by molar-refractivity contribution is 5.87. The summed E-state index contributed by atoms with van der Waals surface area (Å²) in [5, 5.41) is 10.7. The lowest BCUT2D eigenvalue weighted by Gasteiger charge is -2.15. The van der Waals surface area contributed by atoms with Crippen LogP contribution in [0.2, 0.25) is 0 Å². The molecule has 0 spiro atoms. The van der Waals surface area contributed by atoms with Gasteiger partial charge in [-0.2, -0.15) is 0 Å². The van der Waals surface area contributed by atoms with Crippen LogP contribution < -0.4 is 0 Å². The van der Waals surface area contributed by atoms with E-state index in [1.165, 1.54) is 0 Å². The van der Waals surface area contributed by atoms with Crippen molar-refractivity contribution in [1.29, 1.82) is 0 Å². The molecule has 0 radical (unpaired) electrons. The molecule has 0 bridgehead atoms. The molecule has 0 aliphatic heterocycles. The van der Waals surface area contributed by atoms with Crippen molar-refractivity contribution < 1.29 is 5.11 Å². The van der Waals surface area contributed by atoms with Crippen LogP contribution in [0.3, 0.4) is 0 Å². The van der Waals surface area contributed by atoms with Crippen LogP contribution in [0.4, 0.5) is 0 Å². The molecule has 2 aromatic rings. The molecule has 0 saturated carbocycles. The minimum atomic E-state index is 0. The maximum absolute atomic E-state index is 9.72. The second-order valence-electron chi connectivity index (χ2n) is 4.02. The first-order valence-electron chi connectivity index (χ1n) is 5.40. The molecule has 0 fully saturated rings. The number of aromatic nitrogens is 1. The average Bonchev–Trinajstić information content (AvgIpc) is 2.34. The average molecular weight is 242 g/mol. The normalized spacial score (nSPS) is 10.1. The summed E-state index contributed by atoms with van der Waals surface area (Å²) in [5.74, 6) is 2.82. The Balaban J connectivity index is 0.00000162. The first-order valence-corrected chi connectivity index (χ1v) is 5.40. The molecule has 1 aromatic carbocycles. The fourth-order valence-corrected chi connectivity index (χ4v) is 1.86. The van der Waals surface area contributed by atoms with E-state index in [0.717, 1.165) is 17.5 Å². The molecule has 0 aliphatic rings. The van der Waals surface area contributed by atoms with E-state index >= 15 is 0 Å². The molecule has 0 amide bonds. The van der Waals surface area contributed by atoms with Crippen molar-refractivity contribution in [3.05, 3.63) is 36.0 Å². The van der Waals surface area contributed by atoms with Gasteiger partial charge in [-0.1, -0.05) is 25.5 Å². The summed E-state index contributed by atoms with van der Waals surface area (Å²) >= 11 is 0.